The van der Waals surface area contributed by atoms with Gasteiger partial charge < -0.3 is 5.32 Å². The standard InChI is InChI=1S/C20H32Cl2N2/c1-3-5-6-7-8-9-10-11-12-16-23-19(4-2)24-20-17(21)14-13-15-18(20)22/h13-15H,3-12,16H2,1-2H3,(H,23,24). The fourth-order valence-corrected chi connectivity index (χ4v) is 3.13. The molecule has 0 unspecified atom stereocenters. The molecule has 0 aliphatic heterocycles. The van der Waals surface area contributed by atoms with E-state index in [4.69, 9.17) is 23.2 Å². The van der Waals surface area contributed by atoms with Crippen LogP contribution in [0.3, 0.4) is 0 Å². The second-order valence-electron chi connectivity index (χ2n) is 6.23. The van der Waals surface area contributed by atoms with Crippen LogP contribution in [0, 0.1) is 0 Å². The minimum Gasteiger partial charge on any atom is -0.342 e. The third kappa shape index (κ3) is 8.94. The number of rotatable bonds is 12. The average Bonchev–Trinajstić information content (AvgIpc) is 2.58. The molecule has 0 aromatic heterocycles. The normalized spacial score (nSPS) is 11.8. The van der Waals surface area contributed by atoms with Crippen LogP contribution in [0.2, 0.25) is 10.0 Å². The maximum atomic E-state index is 6.19. The van der Waals surface area contributed by atoms with Gasteiger partial charge in [0.1, 0.15) is 5.84 Å². The van der Waals surface area contributed by atoms with Crippen LogP contribution in [0.25, 0.3) is 0 Å². The van der Waals surface area contributed by atoms with Gasteiger partial charge in [0.15, 0.2) is 0 Å². The minimum atomic E-state index is 0.631. The van der Waals surface area contributed by atoms with E-state index in [1.54, 1.807) is 0 Å². The lowest BCUT2D eigenvalue weighted by Crippen LogP contribution is -2.12. The maximum absolute atomic E-state index is 6.19. The van der Waals surface area contributed by atoms with Crippen molar-refractivity contribution in [2.45, 2.75) is 78.1 Å². The van der Waals surface area contributed by atoms with E-state index in [0.717, 1.165) is 30.9 Å². The van der Waals surface area contributed by atoms with Gasteiger partial charge in [-0.1, -0.05) is 94.5 Å². The molecule has 0 radical (unpaired) electrons. The Balaban J connectivity index is 2.22. The van der Waals surface area contributed by atoms with E-state index >= 15 is 0 Å². The predicted molar refractivity (Wildman–Crippen MR) is 110 cm³/mol. The van der Waals surface area contributed by atoms with E-state index in [1.807, 2.05) is 18.2 Å². The molecule has 0 heterocycles. The molecule has 0 saturated heterocycles. The van der Waals surface area contributed by atoms with Crippen LogP contribution in [-0.2, 0) is 0 Å². The summed E-state index contributed by atoms with van der Waals surface area (Å²) < 4.78 is 0. The minimum absolute atomic E-state index is 0.631. The van der Waals surface area contributed by atoms with Crippen LogP contribution in [0.1, 0.15) is 78.1 Å². The highest BCUT2D eigenvalue weighted by Gasteiger charge is 2.06. The molecular formula is C20H32Cl2N2. The molecule has 0 spiro atoms. The van der Waals surface area contributed by atoms with E-state index in [-0.39, 0.29) is 0 Å². The Labute approximate surface area is 158 Å². The van der Waals surface area contributed by atoms with Crippen molar-refractivity contribution in [3.63, 3.8) is 0 Å². The van der Waals surface area contributed by atoms with Crippen molar-refractivity contribution in [1.29, 1.82) is 0 Å². The second-order valence-corrected chi connectivity index (χ2v) is 7.05. The first-order chi connectivity index (χ1) is 11.7. The molecule has 0 saturated carbocycles. The van der Waals surface area contributed by atoms with Crippen LogP contribution in [0.4, 0.5) is 5.69 Å². The average molecular weight is 371 g/mol. The largest absolute Gasteiger partial charge is 0.342 e. The summed E-state index contributed by atoms with van der Waals surface area (Å²) >= 11 is 12.4. The Bertz CT molecular complexity index is 466. The number of nitrogens with one attached hydrogen (secondary N) is 1. The van der Waals surface area contributed by atoms with Gasteiger partial charge in [-0.05, 0) is 18.6 Å². The molecule has 1 aromatic rings. The van der Waals surface area contributed by atoms with E-state index in [0.29, 0.717) is 10.0 Å². The summed E-state index contributed by atoms with van der Waals surface area (Å²) in [6, 6.07) is 5.52. The van der Waals surface area contributed by atoms with Crippen LogP contribution in [0.15, 0.2) is 23.2 Å². The summed E-state index contributed by atoms with van der Waals surface area (Å²) in [5.41, 5.74) is 0.758. The first kappa shape index (κ1) is 21.3. The summed E-state index contributed by atoms with van der Waals surface area (Å²) in [4.78, 5) is 4.67. The topological polar surface area (TPSA) is 24.4 Å². The number of unbranched alkanes of at least 4 members (excludes halogenated alkanes) is 8. The predicted octanol–water partition coefficient (Wildman–Crippen LogP) is 7.74. The van der Waals surface area contributed by atoms with Crippen molar-refractivity contribution in [3.8, 4) is 0 Å². The quantitative estimate of drug-likeness (QED) is 0.227. The number of amidine groups is 1. The highest BCUT2D eigenvalue weighted by molar-refractivity contribution is 6.39. The van der Waals surface area contributed by atoms with Gasteiger partial charge >= 0.3 is 0 Å². The fourth-order valence-electron chi connectivity index (χ4n) is 2.64. The molecule has 0 aliphatic rings. The third-order valence-electron chi connectivity index (χ3n) is 4.13. The first-order valence-corrected chi connectivity index (χ1v) is 10.2. The molecule has 4 heteroatoms. The zero-order valence-corrected chi connectivity index (χ0v) is 16.7. The van der Waals surface area contributed by atoms with Crippen molar-refractivity contribution in [2.24, 2.45) is 4.99 Å². The molecule has 1 aromatic carbocycles. The molecule has 0 aliphatic carbocycles. The van der Waals surface area contributed by atoms with Gasteiger partial charge in [0.25, 0.3) is 0 Å². The lowest BCUT2D eigenvalue weighted by Gasteiger charge is -2.11. The third-order valence-corrected chi connectivity index (χ3v) is 4.76. The number of benzene rings is 1. The van der Waals surface area contributed by atoms with Gasteiger partial charge in [0.2, 0.25) is 0 Å². The Morgan fingerprint density at radius 1 is 0.875 bits per heavy atom. The summed E-state index contributed by atoms with van der Waals surface area (Å²) in [7, 11) is 0. The lowest BCUT2D eigenvalue weighted by molar-refractivity contribution is 0.567. The smallest absolute Gasteiger partial charge is 0.100 e. The number of hydrogen-bond donors (Lipinski definition) is 1. The van der Waals surface area contributed by atoms with Crippen molar-refractivity contribution in [1.82, 2.24) is 0 Å². The Hall–Kier alpha value is -0.730. The number of nitrogens with zero attached hydrogens (tertiary/aromatic N) is 1. The van der Waals surface area contributed by atoms with Crippen LogP contribution < -0.4 is 5.32 Å². The Kier molecular flexibility index (Phi) is 12.0. The maximum Gasteiger partial charge on any atom is 0.100 e. The number of para-hydroxylation sites is 1. The highest BCUT2D eigenvalue weighted by atomic mass is 35.5. The van der Waals surface area contributed by atoms with Gasteiger partial charge in [0.05, 0.1) is 15.7 Å². The van der Waals surface area contributed by atoms with E-state index < -0.39 is 0 Å². The van der Waals surface area contributed by atoms with Gasteiger partial charge in [-0.15, -0.1) is 0 Å². The van der Waals surface area contributed by atoms with Gasteiger partial charge in [-0.25, -0.2) is 0 Å². The molecule has 0 bridgehead atoms. The number of halogens is 2. The molecule has 24 heavy (non-hydrogen) atoms. The summed E-state index contributed by atoms with van der Waals surface area (Å²) in [6.45, 7) is 5.22. The number of anilines is 1. The first-order valence-electron chi connectivity index (χ1n) is 9.43. The van der Waals surface area contributed by atoms with Crippen molar-refractivity contribution >= 4 is 34.7 Å². The van der Waals surface area contributed by atoms with Gasteiger partial charge in [0, 0.05) is 13.0 Å². The molecule has 0 atom stereocenters. The fraction of sp³-hybridized carbons (Fsp3) is 0.650. The van der Waals surface area contributed by atoms with E-state index in [2.05, 4.69) is 24.2 Å². The molecule has 1 N–H and O–H groups in total. The molecular weight excluding hydrogens is 339 g/mol. The molecule has 2 nitrogen and oxygen atoms in total. The van der Waals surface area contributed by atoms with Crippen molar-refractivity contribution < 1.29 is 0 Å². The highest BCUT2D eigenvalue weighted by Crippen LogP contribution is 2.29. The molecule has 0 amide bonds. The zero-order chi connectivity index (χ0) is 17.6. The molecule has 1 rings (SSSR count). The monoisotopic (exact) mass is 370 g/mol. The Morgan fingerprint density at radius 2 is 1.42 bits per heavy atom. The van der Waals surface area contributed by atoms with Crippen LogP contribution >= 0.6 is 23.2 Å². The van der Waals surface area contributed by atoms with Crippen molar-refractivity contribution in [2.75, 3.05) is 11.9 Å². The zero-order valence-electron chi connectivity index (χ0n) is 15.2. The van der Waals surface area contributed by atoms with E-state index in [1.165, 1.54) is 51.4 Å². The molecule has 0 fully saturated rings. The van der Waals surface area contributed by atoms with Gasteiger partial charge in [-0.3, -0.25) is 4.99 Å². The summed E-state index contributed by atoms with van der Waals surface area (Å²) in [6.07, 6.45) is 12.8. The SMILES string of the molecule is CCCCCCCCCCCN=C(CC)Nc1c(Cl)cccc1Cl. The van der Waals surface area contributed by atoms with Crippen LogP contribution in [0.5, 0.6) is 0 Å². The number of hydrogen-bond acceptors (Lipinski definition) is 1. The Morgan fingerprint density at radius 3 is 1.96 bits per heavy atom. The summed E-state index contributed by atoms with van der Waals surface area (Å²) in [5, 5.41) is 4.54. The van der Waals surface area contributed by atoms with E-state index in [9.17, 15) is 0 Å². The van der Waals surface area contributed by atoms with Gasteiger partial charge in [-0.2, -0.15) is 0 Å². The molecule has 136 valence electrons. The second kappa shape index (κ2) is 13.5. The van der Waals surface area contributed by atoms with Crippen molar-refractivity contribution in [3.05, 3.63) is 28.2 Å². The van der Waals surface area contributed by atoms with Crippen LogP contribution in [-0.4, -0.2) is 12.4 Å². The lowest BCUT2D eigenvalue weighted by atomic mass is 10.1. The number of aliphatic imine (C=N–C) groups is 1. The summed E-state index contributed by atoms with van der Waals surface area (Å²) in [5.74, 6) is 0.949.